The van der Waals surface area contributed by atoms with Gasteiger partial charge in [0.15, 0.2) is 17.1 Å². The van der Waals surface area contributed by atoms with E-state index in [0.29, 0.717) is 62.9 Å². The number of morpholine rings is 1. The lowest BCUT2D eigenvalue weighted by Gasteiger charge is -2.41. The molecule has 3 aliphatic heterocycles. The van der Waals surface area contributed by atoms with E-state index in [9.17, 15) is 9.59 Å². The van der Waals surface area contributed by atoms with Gasteiger partial charge in [0.05, 0.1) is 19.7 Å². The Bertz CT molecular complexity index is 1120. The fourth-order valence-corrected chi connectivity index (χ4v) is 4.51. The Labute approximate surface area is 204 Å². The number of carbonyl (C=O) groups is 2. The van der Waals surface area contributed by atoms with Crippen molar-refractivity contribution in [2.45, 2.75) is 18.4 Å². The van der Waals surface area contributed by atoms with Crippen molar-refractivity contribution in [3.8, 4) is 17.2 Å². The Hall–Kier alpha value is -3.56. The third-order valence-corrected chi connectivity index (χ3v) is 6.27. The van der Waals surface area contributed by atoms with Gasteiger partial charge in [-0.25, -0.2) is 0 Å². The van der Waals surface area contributed by atoms with Crippen molar-refractivity contribution < 1.29 is 28.5 Å². The second-order valence-corrected chi connectivity index (χ2v) is 8.76. The molecule has 1 saturated heterocycles. The standard InChI is InChI=1S/C26H29N3O6/c30-24(28-20-8-9-22-23(15-20)34-18-33-22)16-29-12-14-35-26(17-29)10-4-3-6-19-5-1-2-7-21(19)32-13-11-27-25(26)31/h1-5,7-9,15H,6,10-14,16-18H2,(H,27,31)(H,28,30)/b4-3+. The highest BCUT2D eigenvalue weighted by molar-refractivity contribution is 5.93. The first-order chi connectivity index (χ1) is 17.1. The van der Waals surface area contributed by atoms with E-state index < -0.39 is 5.60 Å². The number of hydrogen-bond acceptors (Lipinski definition) is 7. The monoisotopic (exact) mass is 479 g/mol. The Morgan fingerprint density at radius 2 is 1.91 bits per heavy atom. The molecule has 9 nitrogen and oxygen atoms in total. The molecule has 2 aromatic rings. The van der Waals surface area contributed by atoms with Crippen molar-refractivity contribution in [1.82, 2.24) is 10.2 Å². The lowest BCUT2D eigenvalue weighted by atomic mass is 9.94. The number of fused-ring (bicyclic) bond motifs is 2. The zero-order valence-electron chi connectivity index (χ0n) is 19.5. The van der Waals surface area contributed by atoms with Crippen molar-refractivity contribution in [1.29, 1.82) is 0 Å². The van der Waals surface area contributed by atoms with E-state index in [-0.39, 0.29) is 25.2 Å². The number of hydrogen-bond donors (Lipinski definition) is 2. The number of rotatable bonds is 3. The summed E-state index contributed by atoms with van der Waals surface area (Å²) in [5.74, 6) is 1.73. The average Bonchev–Trinajstić information content (AvgIpc) is 3.32. The molecule has 2 N–H and O–H groups in total. The summed E-state index contributed by atoms with van der Waals surface area (Å²) < 4.78 is 22.6. The topological polar surface area (TPSA) is 98.4 Å². The average molecular weight is 480 g/mol. The quantitative estimate of drug-likeness (QED) is 0.651. The summed E-state index contributed by atoms with van der Waals surface area (Å²) in [7, 11) is 0. The number of allylic oxidation sites excluding steroid dienone is 1. The lowest BCUT2D eigenvalue weighted by molar-refractivity contribution is -0.160. The maximum atomic E-state index is 13.2. The van der Waals surface area contributed by atoms with Gasteiger partial charge in [0.1, 0.15) is 12.4 Å². The van der Waals surface area contributed by atoms with Gasteiger partial charge in [-0.05, 0) is 30.2 Å². The van der Waals surface area contributed by atoms with Crippen LogP contribution in [0.25, 0.3) is 0 Å². The van der Waals surface area contributed by atoms with E-state index in [1.165, 1.54) is 0 Å². The number of nitrogens with one attached hydrogen (secondary N) is 2. The lowest BCUT2D eigenvalue weighted by Crippen LogP contribution is -2.60. The minimum Gasteiger partial charge on any atom is -0.491 e. The van der Waals surface area contributed by atoms with Crippen LogP contribution >= 0.6 is 0 Å². The Kier molecular flexibility index (Phi) is 6.87. The predicted molar refractivity (Wildman–Crippen MR) is 129 cm³/mol. The second-order valence-electron chi connectivity index (χ2n) is 8.76. The first-order valence-corrected chi connectivity index (χ1v) is 11.8. The molecule has 0 aromatic heterocycles. The molecule has 3 aliphatic rings. The number of anilines is 1. The zero-order valence-corrected chi connectivity index (χ0v) is 19.5. The van der Waals surface area contributed by atoms with Crippen LogP contribution in [0.15, 0.2) is 54.6 Å². The van der Waals surface area contributed by atoms with Crippen LogP contribution in [0.3, 0.4) is 0 Å². The van der Waals surface area contributed by atoms with Crippen molar-refractivity contribution >= 4 is 17.5 Å². The van der Waals surface area contributed by atoms with Crippen molar-refractivity contribution in [2.75, 3.05) is 51.5 Å². The summed E-state index contributed by atoms with van der Waals surface area (Å²) in [6.45, 7) is 2.29. The van der Waals surface area contributed by atoms with Crippen LogP contribution in [0.1, 0.15) is 12.0 Å². The molecule has 0 bridgehead atoms. The Morgan fingerprint density at radius 1 is 1.03 bits per heavy atom. The molecule has 1 unspecified atom stereocenters. The summed E-state index contributed by atoms with van der Waals surface area (Å²) in [5, 5.41) is 5.85. The largest absolute Gasteiger partial charge is 0.491 e. The summed E-state index contributed by atoms with van der Waals surface area (Å²) in [5.41, 5.74) is 0.664. The van der Waals surface area contributed by atoms with E-state index in [4.69, 9.17) is 18.9 Å². The highest BCUT2D eigenvalue weighted by atomic mass is 16.7. The van der Waals surface area contributed by atoms with Crippen LogP contribution in [0.5, 0.6) is 17.2 Å². The molecule has 2 aromatic carbocycles. The first kappa shape index (κ1) is 23.2. The molecule has 184 valence electrons. The highest BCUT2D eigenvalue weighted by Gasteiger charge is 2.43. The van der Waals surface area contributed by atoms with Gasteiger partial charge in [-0.3, -0.25) is 14.5 Å². The minimum absolute atomic E-state index is 0.146. The van der Waals surface area contributed by atoms with E-state index in [1.807, 2.05) is 41.3 Å². The van der Waals surface area contributed by atoms with Crippen molar-refractivity contribution in [3.05, 3.63) is 60.2 Å². The van der Waals surface area contributed by atoms with E-state index in [2.05, 4.69) is 10.6 Å². The van der Waals surface area contributed by atoms with E-state index in [1.54, 1.807) is 18.2 Å². The van der Waals surface area contributed by atoms with Gasteiger partial charge in [0.2, 0.25) is 12.7 Å². The molecule has 0 radical (unpaired) electrons. The highest BCUT2D eigenvalue weighted by Crippen LogP contribution is 2.34. The molecule has 1 fully saturated rings. The molecule has 0 aliphatic carbocycles. The number of ether oxygens (including phenoxy) is 4. The van der Waals surface area contributed by atoms with Crippen LogP contribution in [0.4, 0.5) is 5.69 Å². The fourth-order valence-electron chi connectivity index (χ4n) is 4.51. The van der Waals surface area contributed by atoms with Gasteiger partial charge in [-0.15, -0.1) is 0 Å². The molecule has 0 saturated carbocycles. The van der Waals surface area contributed by atoms with Crippen LogP contribution in [0.2, 0.25) is 0 Å². The maximum Gasteiger partial charge on any atom is 0.254 e. The third kappa shape index (κ3) is 5.41. The molecule has 35 heavy (non-hydrogen) atoms. The molecular weight excluding hydrogens is 450 g/mol. The van der Waals surface area contributed by atoms with E-state index in [0.717, 1.165) is 11.3 Å². The number of carbonyl (C=O) groups excluding carboxylic acids is 2. The van der Waals surface area contributed by atoms with Crippen LogP contribution in [0, 0.1) is 0 Å². The summed E-state index contributed by atoms with van der Waals surface area (Å²) in [6, 6.07) is 13.2. The Morgan fingerprint density at radius 3 is 2.86 bits per heavy atom. The van der Waals surface area contributed by atoms with Gasteiger partial charge in [-0.2, -0.15) is 0 Å². The number of para-hydroxylation sites is 1. The summed E-state index contributed by atoms with van der Waals surface area (Å²) in [6.07, 6.45) is 5.14. The zero-order chi connectivity index (χ0) is 24.1. The van der Waals surface area contributed by atoms with E-state index >= 15 is 0 Å². The predicted octanol–water partition coefficient (Wildman–Crippen LogP) is 2.12. The van der Waals surface area contributed by atoms with Crippen LogP contribution in [-0.4, -0.2) is 68.5 Å². The molecule has 9 heteroatoms. The van der Waals surface area contributed by atoms with Gasteiger partial charge >= 0.3 is 0 Å². The minimum atomic E-state index is -1.06. The summed E-state index contributed by atoms with van der Waals surface area (Å²) in [4.78, 5) is 27.9. The Balaban J connectivity index is 1.24. The second kappa shape index (κ2) is 10.4. The van der Waals surface area contributed by atoms with Gasteiger partial charge < -0.3 is 29.6 Å². The SMILES string of the molecule is O=C(CN1CCOC2(C/C=C/Cc3ccccc3OCCNC2=O)C1)Nc1ccc2c(c1)OCO2. The molecule has 1 spiro atoms. The number of nitrogens with zero attached hydrogens (tertiary/aromatic N) is 1. The fraction of sp³-hybridized carbons (Fsp3) is 0.385. The van der Waals surface area contributed by atoms with Gasteiger partial charge in [-0.1, -0.05) is 30.4 Å². The molecular formula is C26H29N3O6. The third-order valence-electron chi connectivity index (χ3n) is 6.27. The number of amides is 2. The molecule has 1 atom stereocenters. The molecule has 3 heterocycles. The van der Waals surface area contributed by atoms with Gasteiger partial charge in [0, 0.05) is 31.3 Å². The summed E-state index contributed by atoms with van der Waals surface area (Å²) >= 11 is 0. The van der Waals surface area contributed by atoms with Crippen molar-refractivity contribution in [3.63, 3.8) is 0 Å². The smallest absolute Gasteiger partial charge is 0.254 e. The normalized spacial score (nSPS) is 23.3. The van der Waals surface area contributed by atoms with Crippen molar-refractivity contribution in [2.24, 2.45) is 0 Å². The number of benzene rings is 2. The van der Waals surface area contributed by atoms with Crippen LogP contribution < -0.4 is 24.8 Å². The molecule has 5 rings (SSSR count). The van der Waals surface area contributed by atoms with Crippen LogP contribution in [-0.2, 0) is 20.7 Å². The maximum absolute atomic E-state index is 13.2. The van der Waals surface area contributed by atoms with Gasteiger partial charge in [0.25, 0.3) is 5.91 Å². The first-order valence-electron chi connectivity index (χ1n) is 11.8. The molecule has 2 amide bonds.